The Morgan fingerprint density at radius 1 is 1.22 bits per heavy atom. The molecule has 1 unspecified atom stereocenters. The summed E-state index contributed by atoms with van der Waals surface area (Å²) in [6.07, 6.45) is 9.39. The van der Waals surface area contributed by atoms with Crippen LogP contribution in [0.25, 0.3) is 6.08 Å². The average molecular weight is 450 g/mol. The van der Waals surface area contributed by atoms with Gasteiger partial charge in [0.05, 0.1) is 29.3 Å². The lowest BCUT2D eigenvalue weighted by Crippen LogP contribution is -2.42. The van der Waals surface area contributed by atoms with Crippen molar-refractivity contribution in [1.82, 2.24) is 19.9 Å². The Labute approximate surface area is 192 Å². The first-order chi connectivity index (χ1) is 15.5. The molecule has 1 N–H and O–H groups in total. The number of halogens is 1. The number of likely N-dealkylation sites (tertiary alicyclic amines) is 1. The lowest BCUT2D eigenvalue weighted by Gasteiger charge is -2.33. The molecule has 2 aromatic heterocycles. The number of urea groups is 1. The summed E-state index contributed by atoms with van der Waals surface area (Å²) in [7, 11) is 0. The van der Waals surface area contributed by atoms with Crippen molar-refractivity contribution < 1.29 is 9.53 Å². The Morgan fingerprint density at radius 3 is 2.78 bits per heavy atom. The SMILES string of the molecule is Cc1cncc(NC(=O)N2CCC(=Cc3cccc(Oc4ncc(Cl)cn4)c3)C(C)C2)c1. The van der Waals surface area contributed by atoms with Crippen molar-refractivity contribution in [3.8, 4) is 11.8 Å². The van der Waals surface area contributed by atoms with Crippen molar-refractivity contribution in [3.05, 3.63) is 76.8 Å². The zero-order valence-corrected chi connectivity index (χ0v) is 18.7. The molecule has 1 fully saturated rings. The maximum absolute atomic E-state index is 12.7. The van der Waals surface area contributed by atoms with Gasteiger partial charge in [-0.05, 0) is 48.6 Å². The lowest BCUT2D eigenvalue weighted by molar-refractivity contribution is 0.198. The number of piperidine rings is 1. The van der Waals surface area contributed by atoms with Crippen LogP contribution in [0.15, 0.2) is 60.7 Å². The van der Waals surface area contributed by atoms with E-state index in [1.807, 2.05) is 42.2 Å². The summed E-state index contributed by atoms with van der Waals surface area (Å²) in [4.78, 5) is 26.8. The van der Waals surface area contributed by atoms with Gasteiger partial charge in [0.1, 0.15) is 5.75 Å². The van der Waals surface area contributed by atoms with Crippen LogP contribution in [0.2, 0.25) is 5.02 Å². The first-order valence-electron chi connectivity index (χ1n) is 10.4. The number of aromatic nitrogens is 3. The number of amides is 2. The van der Waals surface area contributed by atoms with Gasteiger partial charge in [0.15, 0.2) is 0 Å². The van der Waals surface area contributed by atoms with E-state index in [4.69, 9.17) is 16.3 Å². The van der Waals surface area contributed by atoms with Crippen molar-refractivity contribution in [1.29, 1.82) is 0 Å². The van der Waals surface area contributed by atoms with Gasteiger partial charge in [-0.25, -0.2) is 14.8 Å². The van der Waals surface area contributed by atoms with Gasteiger partial charge in [0.2, 0.25) is 0 Å². The Kier molecular flexibility index (Phi) is 6.66. The van der Waals surface area contributed by atoms with Crippen LogP contribution in [0.3, 0.4) is 0 Å². The molecule has 1 aliphatic heterocycles. The van der Waals surface area contributed by atoms with E-state index in [9.17, 15) is 4.79 Å². The van der Waals surface area contributed by atoms with Crippen LogP contribution in [-0.2, 0) is 0 Å². The van der Waals surface area contributed by atoms with Crippen LogP contribution in [0.1, 0.15) is 24.5 Å². The molecule has 4 rings (SSSR count). The van der Waals surface area contributed by atoms with Gasteiger partial charge in [0, 0.05) is 19.3 Å². The third kappa shape index (κ3) is 5.62. The van der Waals surface area contributed by atoms with Gasteiger partial charge >= 0.3 is 12.0 Å². The van der Waals surface area contributed by atoms with Crippen LogP contribution >= 0.6 is 11.6 Å². The van der Waals surface area contributed by atoms with Gasteiger partial charge in [-0.2, -0.15) is 0 Å². The third-order valence-electron chi connectivity index (χ3n) is 5.23. The summed E-state index contributed by atoms with van der Waals surface area (Å²) in [5.74, 6) is 0.896. The molecule has 1 atom stereocenters. The number of anilines is 1. The summed E-state index contributed by atoms with van der Waals surface area (Å²) in [6.45, 7) is 5.41. The smallest absolute Gasteiger partial charge is 0.321 e. The normalized spacial score (nSPS) is 17.3. The second-order valence-corrected chi connectivity index (χ2v) is 8.29. The molecule has 3 heterocycles. The fraction of sp³-hybridized carbons (Fsp3) is 0.250. The number of rotatable bonds is 4. The van der Waals surface area contributed by atoms with Crippen LogP contribution in [0.4, 0.5) is 10.5 Å². The van der Waals surface area contributed by atoms with Gasteiger partial charge in [-0.3, -0.25) is 4.98 Å². The van der Waals surface area contributed by atoms with Crippen molar-refractivity contribution in [2.45, 2.75) is 20.3 Å². The number of carbonyl (C=O) groups excluding carboxylic acids is 1. The third-order valence-corrected chi connectivity index (χ3v) is 5.42. The standard InChI is InChI=1S/C24H24ClN5O2/c1-16-8-21(14-26-11-16)29-24(31)30-7-6-19(17(2)15-30)9-18-4-3-5-22(10-18)32-23-27-12-20(25)13-28-23/h3-5,8-14,17H,6-7,15H2,1-2H3,(H,29,31). The average Bonchev–Trinajstić information content (AvgIpc) is 2.77. The molecule has 0 bridgehead atoms. The Morgan fingerprint density at radius 2 is 2.03 bits per heavy atom. The molecule has 7 nitrogen and oxygen atoms in total. The fourth-order valence-electron chi connectivity index (χ4n) is 3.61. The molecule has 0 radical (unpaired) electrons. The number of hydrogen-bond acceptors (Lipinski definition) is 5. The Bertz CT molecular complexity index is 1130. The maximum atomic E-state index is 12.7. The van der Waals surface area contributed by atoms with E-state index in [0.29, 0.717) is 29.5 Å². The molecule has 0 spiro atoms. The number of benzene rings is 1. The summed E-state index contributed by atoms with van der Waals surface area (Å²) in [5.41, 5.74) is 4.05. The predicted octanol–water partition coefficient (Wildman–Crippen LogP) is 5.58. The largest absolute Gasteiger partial charge is 0.424 e. The van der Waals surface area contributed by atoms with E-state index in [1.165, 1.54) is 18.0 Å². The number of aryl methyl sites for hydroxylation is 1. The summed E-state index contributed by atoms with van der Waals surface area (Å²) < 4.78 is 5.73. The second-order valence-electron chi connectivity index (χ2n) is 7.86. The number of pyridine rings is 1. The van der Waals surface area contributed by atoms with E-state index >= 15 is 0 Å². The molecule has 0 saturated carbocycles. The van der Waals surface area contributed by atoms with E-state index in [1.54, 1.807) is 12.4 Å². The van der Waals surface area contributed by atoms with Crippen LogP contribution in [0, 0.1) is 12.8 Å². The van der Waals surface area contributed by atoms with Crippen LogP contribution in [-0.4, -0.2) is 39.0 Å². The van der Waals surface area contributed by atoms with Gasteiger partial charge in [0.25, 0.3) is 0 Å². The maximum Gasteiger partial charge on any atom is 0.321 e. The molecule has 1 aliphatic rings. The molecule has 1 aromatic carbocycles. The molecule has 2 amide bonds. The highest BCUT2D eigenvalue weighted by molar-refractivity contribution is 6.30. The number of ether oxygens (including phenoxy) is 1. The van der Waals surface area contributed by atoms with Gasteiger partial charge in [-0.15, -0.1) is 0 Å². The van der Waals surface area contributed by atoms with Crippen molar-refractivity contribution >= 4 is 29.4 Å². The molecule has 32 heavy (non-hydrogen) atoms. The topological polar surface area (TPSA) is 80.2 Å². The molecule has 8 heteroatoms. The minimum atomic E-state index is -0.0957. The summed E-state index contributed by atoms with van der Waals surface area (Å²) in [6, 6.07) is 9.82. The molecular formula is C24H24ClN5O2. The molecule has 164 valence electrons. The first-order valence-corrected chi connectivity index (χ1v) is 10.8. The number of carbonyl (C=O) groups is 1. The van der Waals surface area contributed by atoms with E-state index < -0.39 is 0 Å². The highest BCUT2D eigenvalue weighted by Crippen LogP contribution is 2.27. The lowest BCUT2D eigenvalue weighted by atomic mass is 9.91. The predicted molar refractivity (Wildman–Crippen MR) is 125 cm³/mol. The summed E-state index contributed by atoms with van der Waals surface area (Å²) in [5, 5.41) is 3.40. The van der Waals surface area contributed by atoms with Crippen molar-refractivity contribution in [3.63, 3.8) is 0 Å². The molecular weight excluding hydrogens is 426 g/mol. The zero-order valence-electron chi connectivity index (χ0n) is 18.0. The molecule has 3 aromatic rings. The van der Waals surface area contributed by atoms with E-state index in [0.717, 1.165) is 17.5 Å². The fourth-order valence-corrected chi connectivity index (χ4v) is 3.71. The molecule has 1 saturated heterocycles. The highest BCUT2D eigenvalue weighted by Gasteiger charge is 2.24. The van der Waals surface area contributed by atoms with Crippen LogP contribution in [0.5, 0.6) is 11.8 Å². The second kappa shape index (κ2) is 9.78. The molecule has 0 aliphatic carbocycles. The monoisotopic (exact) mass is 449 g/mol. The van der Waals surface area contributed by atoms with Crippen molar-refractivity contribution in [2.75, 3.05) is 18.4 Å². The summed E-state index contributed by atoms with van der Waals surface area (Å²) >= 11 is 5.82. The first kappa shape index (κ1) is 21.8. The van der Waals surface area contributed by atoms with E-state index in [2.05, 4.69) is 33.3 Å². The Balaban J connectivity index is 1.39. The number of hydrogen-bond donors (Lipinski definition) is 1. The minimum absolute atomic E-state index is 0.0957. The number of nitrogens with one attached hydrogen (secondary N) is 1. The quantitative estimate of drug-likeness (QED) is 0.562. The minimum Gasteiger partial charge on any atom is -0.424 e. The zero-order chi connectivity index (χ0) is 22.5. The number of nitrogens with zero attached hydrogens (tertiary/aromatic N) is 4. The van der Waals surface area contributed by atoms with Gasteiger partial charge < -0.3 is 15.0 Å². The van der Waals surface area contributed by atoms with E-state index in [-0.39, 0.29) is 18.0 Å². The highest BCUT2D eigenvalue weighted by atomic mass is 35.5. The van der Waals surface area contributed by atoms with Crippen molar-refractivity contribution in [2.24, 2.45) is 5.92 Å². The Hall–Kier alpha value is -3.45. The van der Waals surface area contributed by atoms with Gasteiger partial charge in [-0.1, -0.05) is 42.3 Å². The van der Waals surface area contributed by atoms with Crippen LogP contribution < -0.4 is 10.1 Å².